The van der Waals surface area contributed by atoms with Crippen LogP contribution in [0.4, 0.5) is 4.39 Å². The molecular weight excluding hydrogens is 433 g/mol. The fourth-order valence-corrected chi connectivity index (χ4v) is 3.93. The predicted octanol–water partition coefficient (Wildman–Crippen LogP) is 3.20. The first-order chi connectivity index (χ1) is 15.3. The van der Waals surface area contributed by atoms with Crippen molar-refractivity contribution < 1.29 is 23.5 Å². The van der Waals surface area contributed by atoms with E-state index in [2.05, 4.69) is 5.32 Å². The molecule has 0 aliphatic rings. The zero-order chi connectivity index (χ0) is 23.3. The van der Waals surface area contributed by atoms with Gasteiger partial charge in [-0.1, -0.05) is 12.1 Å². The number of fused-ring (bicyclic) bond motifs is 1. The van der Waals surface area contributed by atoms with Crippen molar-refractivity contribution in [3.05, 3.63) is 76.6 Å². The predicted molar refractivity (Wildman–Crippen MR) is 123 cm³/mol. The number of thiophene rings is 1. The van der Waals surface area contributed by atoms with Crippen LogP contribution in [-0.2, 0) is 4.79 Å². The van der Waals surface area contributed by atoms with Crippen LogP contribution in [0.1, 0.15) is 15.9 Å². The summed E-state index contributed by atoms with van der Waals surface area (Å²) < 4.78 is 24.7. The van der Waals surface area contributed by atoms with E-state index in [-0.39, 0.29) is 18.1 Å². The van der Waals surface area contributed by atoms with Gasteiger partial charge in [-0.3, -0.25) is 9.59 Å². The van der Waals surface area contributed by atoms with Crippen LogP contribution in [0, 0.1) is 5.82 Å². The number of halogens is 1. The lowest BCUT2D eigenvalue weighted by molar-refractivity contribution is -0.114. The molecule has 0 spiro atoms. The minimum absolute atomic E-state index is 0.0775. The maximum atomic E-state index is 13.9. The van der Waals surface area contributed by atoms with E-state index < -0.39 is 11.7 Å². The minimum atomic E-state index is -0.482. The molecule has 3 rings (SSSR count). The highest BCUT2D eigenvalue weighted by Crippen LogP contribution is 2.31. The summed E-state index contributed by atoms with van der Waals surface area (Å²) in [7, 11) is 2.95. The molecule has 9 heteroatoms. The third-order valence-electron chi connectivity index (χ3n) is 4.68. The Morgan fingerprint density at radius 1 is 1.09 bits per heavy atom. The van der Waals surface area contributed by atoms with Crippen molar-refractivity contribution in [3.63, 3.8) is 0 Å². The molecule has 166 valence electrons. The lowest BCUT2D eigenvalue weighted by Gasteiger charge is -2.10. The number of allylic oxidation sites excluding steroid dienone is 2. The van der Waals surface area contributed by atoms with E-state index in [9.17, 15) is 14.0 Å². The zero-order valence-corrected chi connectivity index (χ0v) is 18.3. The third kappa shape index (κ3) is 4.89. The molecule has 3 aromatic rings. The van der Waals surface area contributed by atoms with Crippen LogP contribution in [0.25, 0.3) is 15.8 Å². The average Bonchev–Trinajstić information content (AvgIpc) is 3.25. The Labute approximate surface area is 188 Å². The Balaban J connectivity index is 1.66. The molecule has 1 aromatic heterocycles. The van der Waals surface area contributed by atoms with Crippen molar-refractivity contribution in [2.45, 2.75) is 0 Å². The van der Waals surface area contributed by atoms with Crippen LogP contribution in [0.2, 0.25) is 0 Å². The molecule has 0 aliphatic carbocycles. The number of carbonyl (C=O) groups is 2. The maximum absolute atomic E-state index is 13.9. The van der Waals surface area contributed by atoms with Crippen LogP contribution in [0.15, 0.2) is 59.6 Å². The minimum Gasteiger partial charge on any atom is -0.493 e. The van der Waals surface area contributed by atoms with Gasteiger partial charge in [0.25, 0.3) is 5.91 Å². The van der Waals surface area contributed by atoms with E-state index in [1.54, 1.807) is 29.6 Å². The van der Waals surface area contributed by atoms with Gasteiger partial charge in [-0.2, -0.15) is 0 Å². The Morgan fingerprint density at radius 2 is 1.84 bits per heavy atom. The second kappa shape index (κ2) is 9.97. The largest absolute Gasteiger partial charge is 0.493 e. The molecule has 1 amide bonds. The highest BCUT2D eigenvalue weighted by molar-refractivity contribution is 7.17. The van der Waals surface area contributed by atoms with Gasteiger partial charge in [-0.05, 0) is 36.4 Å². The summed E-state index contributed by atoms with van der Waals surface area (Å²) in [5.74, 6) is -0.384. The molecule has 0 fully saturated rings. The van der Waals surface area contributed by atoms with Gasteiger partial charge in [0.05, 0.1) is 31.2 Å². The van der Waals surface area contributed by atoms with Gasteiger partial charge in [-0.15, -0.1) is 11.3 Å². The van der Waals surface area contributed by atoms with Crippen molar-refractivity contribution in [3.8, 4) is 11.5 Å². The topological polar surface area (TPSA) is 117 Å². The van der Waals surface area contributed by atoms with Crippen molar-refractivity contribution in [2.24, 2.45) is 11.5 Å². The number of ketones is 1. The molecule has 7 nitrogen and oxygen atoms in total. The van der Waals surface area contributed by atoms with Crippen LogP contribution < -0.4 is 26.3 Å². The fraction of sp³-hybridized carbons (Fsp3) is 0.130. The molecule has 0 atom stereocenters. The lowest BCUT2D eigenvalue weighted by Crippen LogP contribution is -2.31. The first kappa shape index (κ1) is 22.8. The van der Waals surface area contributed by atoms with Gasteiger partial charge in [0.15, 0.2) is 17.3 Å². The number of hydrogen-bond donors (Lipinski definition) is 3. The summed E-state index contributed by atoms with van der Waals surface area (Å²) in [4.78, 5) is 24.6. The summed E-state index contributed by atoms with van der Waals surface area (Å²) in [5, 5.41) is 4.95. The van der Waals surface area contributed by atoms with Crippen molar-refractivity contribution in [1.82, 2.24) is 5.32 Å². The van der Waals surface area contributed by atoms with Gasteiger partial charge >= 0.3 is 0 Å². The quantitative estimate of drug-likeness (QED) is 0.355. The Morgan fingerprint density at radius 3 is 2.56 bits per heavy atom. The fourth-order valence-electron chi connectivity index (χ4n) is 2.95. The van der Waals surface area contributed by atoms with E-state index in [1.807, 2.05) is 0 Å². The molecule has 0 bridgehead atoms. The number of nitrogens with one attached hydrogen (secondary N) is 1. The number of ether oxygens (including phenoxy) is 2. The smallest absolute Gasteiger partial charge is 0.251 e. The molecule has 32 heavy (non-hydrogen) atoms. The monoisotopic (exact) mass is 455 g/mol. The van der Waals surface area contributed by atoms with Gasteiger partial charge in [-0.25, -0.2) is 4.39 Å². The van der Waals surface area contributed by atoms with E-state index in [1.165, 1.54) is 49.8 Å². The number of carbonyl (C=O) groups excluding carboxylic acids is 2. The normalized spacial score (nSPS) is 12.0. The van der Waals surface area contributed by atoms with Crippen LogP contribution in [-0.4, -0.2) is 32.5 Å². The lowest BCUT2D eigenvalue weighted by atomic mass is 10.1. The van der Waals surface area contributed by atoms with Crippen molar-refractivity contribution in [2.75, 3.05) is 20.8 Å². The number of amides is 1. The average molecular weight is 456 g/mol. The van der Waals surface area contributed by atoms with E-state index >= 15 is 0 Å². The number of Topliss-reactive ketones (excluding diaryl/α,β-unsaturated/α-hetero) is 1. The second-order valence-electron chi connectivity index (χ2n) is 6.69. The SMILES string of the molecule is COc1ccc(C(=O)NCC(=O)/C(N)=C/C=C(\N)c2csc3c(F)cccc23)cc1OC. The number of benzene rings is 2. The Hall–Kier alpha value is -3.85. The first-order valence-corrected chi connectivity index (χ1v) is 10.4. The summed E-state index contributed by atoms with van der Waals surface area (Å²) in [6.45, 7) is -0.296. The first-order valence-electron chi connectivity index (χ1n) is 9.48. The Kier molecular flexibility index (Phi) is 7.11. The molecule has 0 aliphatic heterocycles. The van der Waals surface area contributed by atoms with Gasteiger partial charge in [0.1, 0.15) is 5.82 Å². The highest BCUT2D eigenvalue weighted by Gasteiger charge is 2.13. The number of methoxy groups -OCH3 is 2. The molecule has 0 saturated heterocycles. The third-order valence-corrected chi connectivity index (χ3v) is 5.69. The highest BCUT2D eigenvalue weighted by atomic mass is 32.1. The molecule has 1 heterocycles. The van der Waals surface area contributed by atoms with Gasteiger partial charge in [0.2, 0.25) is 0 Å². The van der Waals surface area contributed by atoms with E-state index in [4.69, 9.17) is 20.9 Å². The summed E-state index contributed by atoms with van der Waals surface area (Å²) >= 11 is 1.24. The number of rotatable bonds is 8. The van der Waals surface area contributed by atoms with Gasteiger partial charge in [0, 0.05) is 27.6 Å². The Bertz CT molecular complexity index is 1230. The summed E-state index contributed by atoms with van der Waals surface area (Å²) in [6.07, 6.45) is 2.85. The number of nitrogens with two attached hydrogens (primary N) is 2. The standard InChI is InChI=1S/C23H22FN3O4S/c1-30-20-9-6-13(10-21(20)31-2)23(29)27-11-19(28)18(26)8-7-17(25)15-12-32-22-14(15)4-3-5-16(22)24/h3-10,12H,11,25-26H2,1-2H3,(H,27,29)/b17-7-,18-8-. The zero-order valence-electron chi connectivity index (χ0n) is 17.5. The van der Waals surface area contributed by atoms with Crippen LogP contribution in [0.5, 0.6) is 11.5 Å². The molecular formula is C23H22FN3O4S. The van der Waals surface area contributed by atoms with Gasteiger partial charge < -0.3 is 26.3 Å². The molecule has 5 N–H and O–H groups in total. The molecule has 0 unspecified atom stereocenters. The van der Waals surface area contributed by atoms with Crippen molar-refractivity contribution >= 4 is 38.8 Å². The summed E-state index contributed by atoms with van der Waals surface area (Å²) in [5.41, 5.74) is 13.1. The second-order valence-corrected chi connectivity index (χ2v) is 7.57. The van der Waals surface area contributed by atoms with Crippen LogP contribution in [0.3, 0.4) is 0 Å². The maximum Gasteiger partial charge on any atom is 0.251 e. The number of hydrogen-bond acceptors (Lipinski definition) is 7. The molecule has 2 aromatic carbocycles. The van der Waals surface area contributed by atoms with Crippen molar-refractivity contribution in [1.29, 1.82) is 0 Å². The van der Waals surface area contributed by atoms with E-state index in [0.29, 0.717) is 38.4 Å². The molecule has 0 radical (unpaired) electrons. The van der Waals surface area contributed by atoms with Crippen LogP contribution >= 0.6 is 11.3 Å². The summed E-state index contributed by atoms with van der Waals surface area (Å²) in [6, 6.07) is 9.42. The molecule has 0 saturated carbocycles. The van der Waals surface area contributed by atoms with E-state index in [0.717, 1.165) is 0 Å².